The molecule has 196 valence electrons. The van der Waals surface area contributed by atoms with Gasteiger partial charge in [-0.2, -0.15) is 5.26 Å². The first-order chi connectivity index (χ1) is 18.3. The van der Waals surface area contributed by atoms with Crippen LogP contribution >= 0.6 is 23.2 Å². The van der Waals surface area contributed by atoms with Crippen molar-refractivity contribution >= 4 is 29.2 Å². The molecule has 1 atom stereocenters. The van der Waals surface area contributed by atoms with Crippen LogP contribution in [0.3, 0.4) is 0 Å². The van der Waals surface area contributed by atoms with Crippen molar-refractivity contribution in [1.29, 1.82) is 5.26 Å². The van der Waals surface area contributed by atoms with Crippen molar-refractivity contribution in [3.8, 4) is 34.8 Å². The third-order valence-electron chi connectivity index (χ3n) is 5.56. The number of nitrogens with two attached hydrogens (primary N) is 1. The molecular weight excluding hydrogens is 531 g/mol. The maximum atomic E-state index is 12.4. The zero-order valence-electron chi connectivity index (χ0n) is 20.6. The lowest BCUT2D eigenvalue weighted by molar-refractivity contribution is -0.136. The number of fused-ring (bicyclic) bond motifs is 1. The van der Waals surface area contributed by atoms with Crippen molar-refractivity contribution in [2.24, 2.45) is 5.73 Å². The predicted octanol–water partition coefficient (Wildman–Crippen LogP) is 5.99. The van der Waals surface area contributed by atoms with E-state index in [1.165, 1.54) is 12.1 Å². The van der Waals surface area contributed by atoms with E-state index in [2.05, 4.69) is 6.07 Å². The Morgan fingerprint density at radius 1 is 0.974 bits per heavy atom. The summed E-state index contributed by atoms with van der Waals surface area (Å²) in [5.41, 5.74) is 7.81. The molecule has 1 aliphatic heterocycles. The lowest BCUT2D eigenvalue weighted by Crippen LogP contribution is -2.22. The van der Waals surface area contributed by atoms with Gasteiger partial charge < -0.3 is 29.4 Å². The number of allylic oxidation sites excluding steroid dienone is 1. The quantitative estimate of drug-likeness (QED) is 0.253. The molecule has 3 aromatic carbocycles. The van der Waals surface area contributed by atoms with Crippen LogP contribution in [0.25, 0.3) is 0 Å². The Kier molecular flexibility index (Phi) is 8.52. The summed E-state index contributed by atoms with van der Waals surface area (Å²) >= 11 is 12.0. The Labute approximate surface area is 230 Å². The van der Waals surface area contributed by atoms with Crippen molar-refractivity contribution in [2.75, 3.05) is 19.8 Å². The van der Waals surface area contributed by atoms with Gasteiger partial charge in [0.05, 0.1) is 24.2 Å². The molecule has 2 N–H and O–H groups in total. The number of benzene rings is 3. The number of esters is 1. The Morgan fingerprint density at radius 2 is 1.71 bits per heavy atom. The second kappa shape index (κ2) is 12.0. The van der Waals surface area contributed by atoms with Gasteiger partial charge in [-0.1, -0.05) is 35.3 Å². The second-order valence-corrected chi connectivity index (χ2v) is 8.88. The Balaban J connectivity index is 1.58. The first-order valence-corrected chi connectivity index (χ1v) is 12.5. The minimum atomic E-state index is -0.655. The van der Waals surface area contributed by atoms with Gasteiger partial charge in [-0.3, -0.25) is 0 Å². The van der Waals surface area contributed by atoms with E-state index in [1.807, 2.05) is 26.0 Å². The number of carbonyl (C=O) groups excluding carboxylic acids is 1. The van der Waals surface area contributed by atoms with E-state index in [4.69, 9.17) is 52.6 Å². The number of hydrogen-bond acceptors (Lipinski definition) is 8. The molecule has 4 rings (SSSR count). The zero-order valence-corrected chi connectivity index (χ0v) is 22.1. The average molecular weight is 555 g/mol. The van der Waals surface area contributed by atoms with Crippen molar-refractivity contribution in [1.82, 2.24) is 0 Å². The second-order valence-electron chi connectivity index (χ2n) is 8.03. The summed E-state index contributed by atoms with van der Waals surface area (Å²) in [4.78, 5) is 12.4. The SMILES string of the molecule is CCOc1ccc(C2C(C#N)=C(N)Oc3cc(OC(=O)COc4ccc(Cl)cc4Cl)ccc32)cc1OCC. The van der Waals surface area contributed by atoms with Crippen molar-refractivity contribution in [3.63, 3.8) is 0 Å². The number of rotatable bonds is 9. The van der Waals surface area contributed by atoms with E-state index >= 15 is 0 Å². The zero-order chi connectivity index (χ0) is 27.2. The van der Waals surface area contributed by atoms with Gasteiger partial charge in [0, 0.05) is 16.7 Å². The van der Waals surface area contributed by atoms with Crippen LogP contribution < -0.4 is 29.4 Å². The molecule has 0 aliphatic carbocycles. The van der Waals surface area contributed by atoms with E-state index in [-0.39, 0.29) is 28.8 Å². The summed E-state index contributed by atoms with van der Waals surface area (Å²) in [6.45, 7) is 4.31. The summed E-state index contributed by atoms with van der Waals surface area (Å²) in [6.07, 6.45) is 0. The number of nitrogens with zero attached hydrogens (tertiary/aromatic N) is 1. The Hall–Kier alpha value is -4.06. The molecule has 0 radical (unpaired) electrons. The molecule has 1 unspecified atom stereocenters. The van der Waals surface area contributed by atoms with Crippen LogP contribution in [0.5, 0.6) is 28.7 Å². The maximum Gasteiger partial charge on any atom is 0.349 e. The van der Waals surface area contributed by atoms with E-state index in [0.29, 0.717) is 46.8 Å². The summed E-state index contributed by atoms with van der Waals surface area (Å²) in [5, 5.41) is 10.6. The smallest absolute Gasteiger partial charge is 0.349 e. The minimum Gasteiger partial charge on any atom is -0.490 e. The van der Waals surface area contributed by atoms with Crippen LogP contribution in [0.4, 0.5) is 0 Å². The number of hydrogen-bond donors (Lipinski definition) is 1. The fourth-order valence-corrected chi connectivity index (χ4v) is 4.44. The van der Waals surface area contributed by atoms with E-state index < -0.39 is 11.9 Å². The molecule has 1 heterocycles. The molecule has 0 aromatic heterocycles. The van der Waals surface area contributed by atoms with Gasteiger partial charge in [-0.25, -0.2) is 4.79 Å². The lowest BCUT2D eigenvalue weighted by atomic mass is 9.83. The van der Waals surface area contributed by atoms with Crippen LogP contribution in [0.1, 0.15) is 30.9 Å². The van der Waals surface area contributed by atoms with Gasteiger partial charge in [-0.05, 0) is 55.8 Å². The lowest BCUT2D eigenvalue weighted by Gasteiger charge is -2.27. The van der Waals surface area contributed by atoms with Gasteiger partial charge >= 0.3 is 5.97 Å². The largest absolute Gasteiger partial charge is 0.490 e. The highest BCUT2D eigenvalue weighted by atomic mass is 35.5. The van der Waals surface area contributed by atoms with Crippen LogP contribution in [0.2, 0.25) is 10.0 Å². The Bertz CT molecular complexity index is 1430. The van der Waals surface area contributed by atoms with Crippen LogP contribution in [0.15, 0.2) is 66.1 Å². The molecule has 1 aliphatic rings. The fourth-order valence-electron chi connectivity index (χ4n) is 3.98. The number of ether oxygens (including phenoxy) is 5. The first kappa shape index (κ1) is 27.0. The topological polar surface area (TPSA) is 113 Å². The van der Waals surface area contributed by atoms with Gasteiger partial charge in [0.2, 0.25) is 5.88 Å². The number of halogens is 2. The molecule has 0 bridgehead atoms. The molecular formula is C28H24Cl2N2O6. The van der Waals surface area contributed by atoms with Gasteiger partial charge in [0.15, 0.2) is 18.1 Å². The van der Waals surface area contributed by atoms with E-state index in [1.54, 1.807) is 30.3 Å². The standard InChI is InChI=1S/C28H24Cl2N2O6/c1-3-34-23-9-5-16(11-25(23)35-4-2)27-19-8-7-18(13-24(19)38-28(32)20(27)14-31)37-26(33)15-36-22-10-6-17(29)12-21(22)30/h5-13,27H,3-4,15,32H2,1-2H3. The van der Waals surface area contributed by atoms with Gasteiger partial charge in [-0.15, -0.1) is 0 Å². The van der Waals surface area contributed by atoms with Crippen LogP contribution in [0, 0.1) is 11.3 Å². The van der Waals surface area contributed by atoms with Crippen molar-refractivity contribution in [3.05, 3.63) is 87.2 Å². The van der Waals surface area contributed by atoms with Gasteiger partial charge in [0.1, 0.15) is 28.9 Å². The minimum absolute atomic E-state index is 0.0407. The summed E-state index contributed by atoms with van der Waals surface area (Å²) in [5.74, 6) is 0.802. The molecule has 0 saturated carbocycles. The molecule has 10 heteroatoms. The molecule has 0 saturated heterocycles. The highest BCUT2D eigenvalue weighted by Gasteiger charge is 2.32. The van der Waals surface area contributed by atoms with Crippen molar-refractivity contribution in [2.45, 2.75) is 19.8 Å². The van der Waals surface area contributed by atoms with Crippen molar-refractivity contribution < 1.29 is 28.5 Å². The number of carbonyl (C=O) groups is 1. The highest BCUT2D eigenvalue weighted by Crippen LogP contribution is 2.45. The molecule has 0 fully saturated rings. The Morgan fingerprint density at radius 3 is 2.42 bits per heavy atom. The maximum absolute atomic E-state index is 12.4. The molecule has 0 spiro atoms. The molecule has 8 nitrogen and oxygen atoms in total. The van der Waals surface area contributed by atoms with E-state index in [9.17, 15) is 10.1 Å². The normalized spacial score (nSPS) is 14.1. The van der Waals surface area contributed by atoms with Gasteiger partial charge in [0.25, 0.3) is 0 Å². The van der Waals surface area contributed by atoms with E-state index in [0.717, 1.165) is 5.56 Å². The molecule has 3 aromatic rings. The molecule has 0 amide bonds. The summed E-state index contributed by atoms with van der Waals surface area (Å²) in [7, 11) is 0. The monoisotopic (exact) mass is 554 g/mol. The third kappa shape index (κ3) is 5.91. The average Bonchev–Trinajstić information content (AvgIpc) is 2.88. The van der Waals surface area contributed by atoms with Crippen LogP contribution in [-0.2, 0) is 4.79 Å². The summed E-state index contributed by atoms with van der Waals surface area (Å²) < 4.78 is 28.0. The first-order valence-electron chi connectivity index (χ1n) is 11.7. The molecule has 38 heavy (non-hydrogen) atoms. The predicted molar refractivity (Wildman–Crippen MR) is 142 cm³/mol. The number of nitriles is 1. The fraction of sp³-hybridized carbons (Fsp3) is 0.214. The third-order valence-corrected chi connectivity index (χ3v) is 6.09. The summed E-state index contributed by atoms with van der Waals surface area (Å²) in [6, 6.07) is 17.2. The van der Waals surface area contributed by atoms with Crippen LogP contribution in [-0.4, -0.2) is 25.8 Å². The highest BCUT2D eigenvalue weighted by molar-refractivity contribution is 6.35.